The van der Waals surface area contributed by atoms with Crippen molar-refractivity contribution in [1.29, 1.82) is 0 Å². The first kappa shape index (κ1) is 14.6. The number of aryl methyl sites for hydroxylation is 2. The normalized spacial score (nSPS) is 16.3. The summed E-state index contributed by atoms with van der Waals surface area (Å²) in [6.45, 7) is 4.17. The van der Waals surface area contributed by atoms with Crippen LogP contribution in [0.1, 0.15) is 28.3 Å². The van der Waals surface area contributed by atoms with E-state index in [1.165, 1.54) is 23.5 Å². The van der Waals surface area contributed by atoms with Crippen LogP contribution in [-0.4, -0.2) is 14.8 Å². The molecule has 1 aliphatic rings. The van der Waals surface area contributed by atoms with E-state index in [0.29, 0.717) is 11.5 Å². The van der Waals surface area contributed by atoms with Gasteiger partial charge in [-0.05, 0) is 48.7 Å². The van der Waals surface area contributed by atoms with Crippen molar-refractivity contribution in [3.63, 3.8) is 0 Å². The van der Waals surface area contributed by atoms with Gasteiger partial charge < -0.3 is 5.32 Å². The molecule has 1 unspecified atom stereocenters. The molecule has 1 aliphatic heterocycles. The second kappa shape index (κ2) is 5.60. The molecule has 0 amide bonds. The molecule has 5 heteroatoms. The third-order valence-corrected chi connectivity index (χ3v) is 4.45. The van der Waals surface area contributed by atoms with Crippen molar-refractivity contribution in [2.75, 3.05) is 5.32 Å². The minimum Gasteiger partial charge on any atom is -0.324 e. The number of hydrogen-bond acceptors (Lipinski definition) is 3. The second-order valence-corrected chi connectivity index (χ2v) is 6.00. The van der Waals surface area contributed by atoms with Crippen molar-refractivity contribution >= 4 is 11.6 Å². The summed E-state index contributed by atoms with van der Waals surface area (Å²) < 4.78 is 16.0. The van der Waals surface area contributed by atoms with Crippen LogP contribution in [0.3, 0.4) is 0 Å². The molecule has 0 spiro atoms. The van der Waals surface area contributed by atoms with Crippen LogP contribution in [0.2, 0.25) is 0 Å². The van der Waals surface area contributed by atoms with Gasteiger partial charge in [-0.1, -0.05) is 30.3 Å². The Morgan fingerprint density at radius 2 is 1.92 bits per heavy atom. The number of aromatic nitrogens is 3. The van der Waals surface area contributed by atoms with Gasteiger partial charge in [-0.2, -0.15) is 10.1 Å². The van der Waals surface area contributed by atoms with Crippen molar-refractivity contribution in [3.05, 3.63) is 82.9 Å². The maximum absolute atomic E-state index is 14.3. The highest BCUT2D eigenvalue weighted by Gasteiger charge is 2.25. The van der Waals surface area contributed by atoms with Gasteiger partial charge in [0, 0.05) is 11.3 Å². The first-order valence-electron chi connectivity index (χ1n) is 7.84. The van der Waals surface area contributed by atoms with Crippen molar-refractivity contribution in [1.82, 2.24) is 14.8 Å². The molecule has 0 fully saturated rings. The molecule has 0 bridgehead atoms. The lowest BCUT2D eigenvalue weighted by molar-refractivity contribution is 0.551. The Labute approximate surface area is 139 Å². The summed E-state index contributed by atoms with van der Waals surface area (Å²) in [5, 5.41) is 7.53. The number of benzene rings is 2. The van der Waals surface area contributed by atoms with Crippen LogP contribution in [0, 0.1) is 19.7 Å². The maximum Gasteiger partial charge on any atom is 0.226 e. The second-order valence-electron chi connectivity index (χ2n) is 6.00. The molecule has 0 saturated heterocycles. The molecular weight excluding hydrogens is 303 g/mol. The molecule has 1 aromatic heterocycles. The SMILES string of the molecule is Cc1ccc(C2=CC(c3ccccc3F)n3ncnc3N2)cc1C. The molecule has 0 radical (unpaired) electrons. The molecule has 1 atom stereocenters. The quantitative estimate of drug-likeness (QED) is 0.773. The first-order chi connectivity index (χ1) is 11.6. The molecule has 0 saturated carbocycles. The zero-order valence-corrected chi connectivity index (χ0v) is 13.5. The Balaban J connectivity index is 1.84. The number of rotatable bonds is 2. The number of hydrogen-bond donors (Lipinski definition) is 1. The summed E-state index contributed by atoms with van der Waals surface area (Å²) in [5.74, 6) is 0.362. The number of halogens is 1. The standard InChI is InChI=1S/C19H17FN4/c1-12-7-8-14(9-13(12)2)17-10-18(15-5-3-4-6-16(15)20)24-19(23-17)21-11-22-24/h3-11,18H,1-2H3,(H,21,22,23). The van der Waals surface area contributed by atoms with E-state index in [1.807, 2.05) is 12.1 Å². The Kier molecular flexibility index (Phi) is 3.41. The van der Waals surface area contributed by atoms with E-state index in [1.54, 1.807) is 16.8 Å². The van der Waals surface area contributed by atoms with Crippen molar-refractivity contribution < 1.29 is 4.39 Å². The minimum absolute atomic E-state index is 0.249. The fourth-order valence-electron chi connectivity index (χ4n) is 2.95. The summed E-state index contributed by atoms with van der Waals surface area (Å²) in [7, 11) is 0. The van der Waals surface area contributed by atoms with E-state index in [9.17, 15) is 4.39 Å². The largest absolute Gasteiger partial charge is 0.324 e. The lowest BCUT2D eigenvalue weighted by Gasteiger charge is -2.25. The minimum atomic E-state index is -0.332. The molecule has 1 N–H and O–H groups in total. The van der Waals surface area contributed by atoms with Crippen molar-refractivity contribution in [3.8, 4) is 0 Å². The van der Waals surface area contributed by atoms with E-state index < -0.39 is 0 Å². The van der Waals surface area contributed by atoms with Crippen LogP contribution in [0.4, 0.5) is 10.3 Å². The van der Waals surface area contributed by atoms with Gasteiger partial charge in [-0.3, -0.25) is 0 Å². The number of anilines is 1. The third kappa shape index (κ3) is 2.38. The number of nitrogens with one attached hydrogen (secondary N) is 1. The molecule has 4 rings (SSSR count). The fraction of sp³-hybridized carbons (Fsp3) is 0.158. The molecule has 24 heavy (non-hydrogen) atoms. The predicted octanol–water partition coefficient (Wildman–Crippen LogP) is 4.09. The summed E-state index contributed by atoms with van der Waals surface area (Å²) in [4.78, 5) is 4.26. The molecule has 3 aromatic rings. The third-order valence-electron chi connectivity index (χ3n) is 4.45. The van der Waals surface area contributed by atoms with Gasteiger partial charge in [0.1, 0.15) is 18.2 Å². The highest BCUT2D eigenvalue weighted by molar-refractivity contribution is 5.77. The Morgan fingerprint density at radius 3 is 2.71 bits per heavy atom. The highest BCUT2D eigenvalue weighted by atomic mass is 19.1. The van der Waals surface area contributed by atoms with Gasteiger partial charge in [0.25, 0.3) is 0 Å². The van der Waals surface area contributed by atoms with Gasteiger partial charge in [0.05, 0.1) is 0 Å². The van der Waals surface area contributed by atoms with Crippen LogP contribution in [0.5, 0.6) is 0 Å². The van der Waals surface area contributed by atoms with Crippen LogP contribution >= 0.6 is 0 Å². The molecular formula is C19H17FN4. The lowest BCUT2D eigenvalue weighted by atomic mass is 9.99. The maximum atomic E-state index is 14.3. The first-order valence-corrected chi connectivity index (χ1v) is 7.84. The van der Waals surface area contributed by atoms with Gasteiger partial charge in [-0.15, -0.1) is 0 Å². The zero-order valence-electron chi connectivity index (χ0n) is 13.5. The van der Waals surface area contributed by atoms with Crippen molar-refractivity contribution in [2.45, 2.75) is 19.9 Å². The fourth-order valence-corrected chi connectivity index (χ4v) is 2.95. The highest BCUT2D eigenvalue weighted by Crippen LogP contribution is 2.33. The van der Waals surface area contributed by atoms with Crippen LogP contribution in [-0.2, 0) is 0 Å². The average molecular weight is 320 g/mol. The lowest BCUT2D eigenvalue weighted by Crippen LogP contribution is -2.21. The van der Waals surface area contributed by atoms with Crippen LogP contribution < -0.4 is 5.32 Å². The van der Waals surface area contributed by atoms with E-state index >= 15 is 0 Å². The van der Waals surface area contributed by atoms with E-state index in [-0.39, 0.29) is 11.9 Å². The predicted molar refractivity (Wildman–Crippen MR) is 92.1 cm³/mol. The van der Waals surface area contributed by atoms with Gasteiger partial charge in [-0.25, -0.2) is 9.07 Å². The van der Waals surface area contributed by atoms with Gasteiger partial charge in [0.2, 0.25) is 5.95 Å². The molecule has 120 valence electrons. The topological polar surface area (TPSA) is 42.7 Å². The molecule has 2 aromatic carbocycles. The molecule has 0 aliphatic carbocycles. The van der Waals surface area contributed by atoms with E-state index in [0.717, 1.165) is 11.3 Å². The molecule has 2 heterocycles. The summed E-state index contributed by atoms with van der Waals surface area (Å²) >= 11 is 0. The summed E-state index contributed by atoms with van der Waals surface area (Å²) in [6.07, 6.45) is 3.47. The summed E-state index contributed by atoms with van der Waals surface area (Å²) in [5.41, 5.74) is 4.99. The average Bonchev–Trinajstić information content (AvgIpc) is 3.05. The van der Waals surface area contributed by atoms with E-state index in [4.69, 9.17) is 0 Å². The van der Waals surface area contributed by atoms with Crippen LogP contribution in [0.25, 0.3) is 5.70 Å². The van der Waals surface area contributed by atoms with Gasteiger partial charge in [0.15, 0.2) is 0 Å². The van der Waals surface area contributed by atoms with Gasteiger partial charge >= 0.3 is 0 Å². The Morgan fingerprint density at radius 1 is 1.08 bits per heavy atom. The smallest absolute Gasteiger partial charge is 0.226 e. The number of allylic oxidation sites excluding steroid dienone is 1. The monoisotopic (exact) mass is 320 g/mol. The zero-order chi connectivity index (χ0) is 16.7. The van der Waals surface area contributed by atoms with E-state index in [2.05, 4.69) is 47.4 Å². The van der Waals surface area contributed by atoms with Crippen LogP contribution in [0.15, 0.2) is 54.9 Å². The Bertz CT molecular complexity index is 942. The summed E-state index contributed by atoms with van der Waals surface area (Å²) in [6, 6.07) is 12.7. The Hall–Kier alpha value is -2.95. The number of nitrogens with zero attached hydrogens (tertiary/aromatic N) is 3. The number of fused-ring (bicyclic) bond motifs is 1. The van der Waals surface area contributed by atoms with Crippen molar-refractivity contribution in [2.24, 2.45) is 0 Å². The molecule has 4 nitrogen and oxygen atoms in total.